The molecule has 1 aromatic rings. The second-order valence-electron chi connectivity index (χ2n) is 4.33. The summed E-state index contributed by atoms with van der Waals surface area (Å²) in [5, 5.41) is 2.74. The van der Waals surface area contributed by atoms with Gasteiger partial charge in [-0.3, -0.25) is 0 Å². The van der Waals surface area contributed by atoms with Crippen LogP contribution in [0.2, 0.25) is 0 Å². The van der Waals surface area contributed by atoms with Gasteiger partial charge < -0.3 is 15.0 Å². The molecule has 0 heterocycles. The monoisotopic (exact) mass is 262 g/mol. The van der Waals surface area contributed by atoms with Crippen molar-refractivity contribution in [3.8, 4) is 5.75 Å². The van der Waals surface area contributed by atoms with Gasteiger partial charge in [0, 0.05) is 19.8 Å². The van der Waals surface area contributed by atoms with E-state index in [9.17, 15) is 4.79 Å². The fourth-order valence-electron chi connectivity index (χ4n) is 1.53. The van der Waals surface area contributed by atoms with Gasteiger partial charge in [0.25, 0.3) is 0 Å². The summed E-state index contributed by atoms with van der Waals surface area (Å²) in [7, 11) is 3.43. The van der Waals surface area contributed by atoms with E-state index >= 15 is 0 Å². The van der Waals surface area contributed by atoms with E-state index in [1.54, 1.807) is 25.3 Å². The summed E-state index contributed by atoms with van der Waals surface area (Å²) in [5.41, 5.74) is 1.01. The molecule has 4 nitrogen and oxygen atoms in total. The Hall–Kier alpha value is -1.97. The maximum absolute atomic E-state index is 11.7. The predicted molar refractivity (Wildman–Crippen MR) is 78.1 cm³/mol. The second kappa shape index (κ2) is 8.19. The van der Waals surface area contributed by atoms with Crippen LogP contribution < -0.4 is 10.1 Å². The van der Waals surface area contributed by atoms with Crippen molar-refractivity contribution in [2.75, 3.05) is 20.7 Å². The van der Waals surface area contributed by atoms with Crippen molar-refractivity contribution in [3.05, 3.63) is 36.0 Å². The predicted octanol–water partition coefficient (Wildman–Crippen LogP) is 3.11. The largest absolute Gasteiger partial charge is 0.497 e. The molecule has 1 N–H and O–H groups in total. The molecule has 0 atom stereocenters. The first-order chi connectivity index (χ1) is 9.17. The molecule has 0 bridgehead atoms. The molecule has 4 heteroatoms. The van der Waals surface area contributed by atoms with E-state index < -0.39 is 0 Å². The normalized spacial score (nSPS) is 10.5. The van der Waals surface area contributed by atoms with Gasteiger partial charge in [-0.25, -0.2) is 4.79 Å². The van der Waals surface area contributed by atoms with Crippen molar-refractivity contribution in [1.29, 1.82) is 0 Å². The molecule has 19 heavy (non-hydrogen) atoms. The maximum Gasteiger partial charge on any atom is 0.321 e. The van der Waals surface area contributed by atoms with Crippen LogP contribution in [0, 0.1) is 0 Å². The molecule has 0 spiro atoms. The minimum atomic E-state index is -0.0850. The molecule has 0 unspecified atom stereocenters. The number of hydrogen-bond acceptors (Lipinski definition) is 2. The summed E-state index contributed by atoms with van der Waals surface area (Å²) in [6.45, 7) is 2.88. The molecule has 0 aliphatic heterocycles. The number of hydrogen-bond donors (Lipinski definition) is 1. The average molecular weight is 262 g/mol. The summed E-state index contributed by atoms with van der Waals surface area (Å²) < 4.78 is 5.08. The molecule has 2 amide bonds. The number of methoxy groups -OCH3 is 1. The number of carbonyl (C=O) groups excluding carboxylic acids is 1. The number of unbranched alkanes of at least 4 members (excludes halogenated alkanes) is 1. The fraction of sp³-hybridized carbons (Fsp3) is 0.400. The lowest BCUT2D eigenvalue weighted by Gasteiger charge is -2.15. The van der Waals surface area contributed by atoms with Crippen molar-refractivity contribution < 1.29 is 9.53 Å². The molecule has 0 aliphatic rings. The Kier molecular flexibility index (Phi) is 6.50. The summed E-state index contributed by atoms with van der Waals surface area (Å²) in [5.74, 6) is 0.820. The van der Waals surface area contributed by atoms with Crippen molar-refractivity contribution in [2.24, 2.45) is 0 Å². The molecule has 0 saturated carbocycles. The lowest BCUT2D eigenvalue weighted by molar-refractivity contribution is 0.212. The third kappa shape index (κ3) is 5.46. The summed E-state index contributed by atoms with van der Waals surface area (Å²) >= 11 is 0. The first-order valence-electron chi connectivity index (χ1n) is 6.49. The van der Waals surface area contributed by atoms with Crippen LogP contribution in [0.15, 0.2) is 30.5 Å². The number of nitrogens with zero attached hydrogens (tertiary/aromatic N) is 1. The van der Waals surface area contributed by atoms with Crippen molar-refractivity contribution in [3.63, 3.8) is 0 Å². The Morgan fingerprint density at radius 2 is 2.05 bits per heavy atom. The lowest BCUT2D eigenvalue weighted by atomic mass is 10.2. The fourth-order valence-corrected chi connectivity index (χ4v) is 1.53. The number of amides is 2. The molecule has 0 fully saturated rings. The van der Waals surface area contributed by atoms with Gasteiger partial charge in [-0.1, -0.05) is 25.5 Å². The van der Waals surface area contributed by atoms with E-state index in [0.29, 0.717) is 0 Å². The van der Waals surface area contributed by atoms with Crippen LogP contribution >= 0.6 is 0 Å². The first kappa shape index (κ1) is 15.1. The summed E-state index contributed by atoms with van der Waals surface area (Å²) in [6.07, 6.45) is 5.61. The van der Waals surface area contributed by atoms with Gasteiger partial charge in [0.05, 0.1) is 7.11 Å². The van der Waals surface area contributed by atoms with Gasteiger partial charge >= 0.3 is 6.03 Å². The Morgan fingerprint density at radius 3 is 2.63 bits per heavy atom. The Bertz CT molecular complexity index is 413. The standard InChI is InChI=1S/C15H22N2O2/c1-4-5-12-17(2)15(18)16-11-10-13-6-8-14(19-3)9-7-13/h6-11H,4-5,12H2,1-3H3,(H,16,18)/b11-10+. The van der Waals surface area contributed by atoms with Crippen LogP contribution in [0.5, 0.6) is 5.75 Å². The van der Waals surface area contributed by atoms with Crippen molar-refractivity contribution >= 4 is 12.1 Å². The summed E-state index contributed by atoms with van der Waals surface area (Å²) in [4.78, 5) is 13.4. The number of urea groups is 1. The van der Waals surface area contributed by atoms with E-state index in [1.165, 1.54) is 0 Å². The number of nitrogens with one attached hydrogen (secondary N) is 1. The molecule has 1 rings (SSSR count). The molecular formula is C15H22N2O2. The highest BCUT2D eigenvalue weighted by molar-refractivity contribution is 5.75. The van der Waals surface area contributed by atoms with E-state index in [-0.39, 0.29) is 6.03 Å². The Morgan fingerprint density at radius 1 is 1.37 bits per heavy atom. The van der Waals surface area contributed by atoms with Crippen LogP contribution in [-0.2, 0) is 0 Å². The topological polar surface area (TPSA) is 41.6 Å². The lowest BCUT2D eigenvalue weighted by Crippen LogP contribution is -2.34. The highest BCUT2D eigenvalue weighted by Gasteiger charge is 2.04. The van der Waals surface area contributed by atoms with Crippen LogP contribution in [0.4, 0.5) is 4.79 Å². The molecule has 0 aromatic heterocycles. The molecule has 0 radical (unpaired) electrons. The number of rotatable bonds is 6. The smallest absolute Gasteiger partial charge is 0.321 e. The van der Waals surface area contributed by atoms with Crippen LogP contribution in [0.1, 0.15) is 25.3 Å². The van der Waals surface area contributed by atoms with E-state index in [1.807, 2.05) is 30.3 Å². The van der Waals surface area contributed by atoms with Gasteiger partial charge in [0.15, 0.2) is 0 Å². The van der Waals surface area contributed by atoms with Gasteiger partial charge in [-0.15, -0.1) is 0 Å². The minimum Gasteiger partial charge on any atom is -0.497 e. The van der Waals surface area contributed by atoms with Gasteiger partial charge in [0.2, 0.25) is 0 Å². The summed E-state index contributed by atoms with van der Waals surface area (Å²) in [6, 6.07) is 7.55. The van der Waals surface area contributed by atoms with Crippen molar-refractivity contribution in [2.45, 2.75) is 19.8 Å². The Labute approximate surface area is 115 Å². The van der Waals surface area contributed by atoms with E-state index in [4.69, 9.17) is 4.74 Å². The zero-order valence-corrected chi connectivity index (χ0v) is 11.8. The van der Waals surface area contributed by atoms with Crippen LogP contribution in [0.3, 0.4) is 0 Å². The van der Waals surface area contributed by atoms with Crippen LogP contribution in [-0.4, -0.2) is 31.6 Å². The van der Waals surface area contributed by atoms with E-state index in [2.05, 4.69) is 12.2 Å². The van der Waals surface area contributed by atoms with Gasteiger partial charge in [-0.2, -0.15) is 0 Å². The molecule has 0 saturated heterocycles. The first-order valence-corrected chi connectivity index (χ1v) is 6.49. The van der Waals surface area contributed by atoms with Gasteiger partial charge in [0.1, 0.15) is 5.75 Å². The van der Waals surface area contributed by atoms with Crippen molar-refractivity contribution in [1.82, 2.24) is 10.2 Å². The highest BCUT2D eigenvalue weighted by Crippen LogP contribution is 2.11. The van der Waals surface area contributed by atoms with Gasteiger partial charge in [-0.05, 0) is 30.2 Å². The SMILES string of the molecule is CCCCN(C)C(=O)N/C=C/c1ccc(OC)cc1. The average Bonchev–Trinajstić information content (AvgIpc) is 2.45. The second-order valence-corrected chi connectivity index (χ2v) is 4.33. The highest BCUT2D eigenvalue weighted by atomic mass is 16.5. The molecule has 1 aromatic carbocycles. The number of ether oxygens (including phenoxy) is 1. The molecule has 104 valence electrons. The zero-order chi connectivity index (χ0) is 14.1. The zero-order valence-electron chi connectivity index (χ0n) is 11.8. The minimum absolute atomic E-state index is 0.0850. The molecule has 0 aliphatic carbocycles. The maximum atomic E-state index is 11.7. The number of carbonyl (C=O) groups is 1. The third-order valence-electron chi connectivity index (χ3n) is 2.79. The van der Waals surface area contributed by atoms with E-state index in [0.717, 1.165) is 30.7 Å². The quantitative estimate of drug-likeness (QED) is 0.856. The third-order valence-corrected chi connectivity index (χ3v) is 2.79. The number of benzene rings is 1. The Balaban J connectivity index is 2.41. The molecular weight excluding hydrogens is 240 g/mol. The van der Waals surface area contributed by atoms with Crippen LogP contribution in [0.25, 0.3) is 6.08 Å².